The summed E-state index contributed by atoms with van der Waals surface area (Å²) in [5, 5.41) is 2.70. The van der Waals surface area contributed by atoms with Crippen molar-refractivity contribution in [2.24, 2.45) is 7.05 Å². The molecule has 1 aromatic heterocycles. The van der Waals surface area contributed by atoms with Crippen molar-refractivity contribution >= 4 is 10.8 Å². The van der Waals surface area contributed by atoms with Gasteiger partial charge in [0.25, 0.3) is 0 Å². The minimum absolute atomic E-state index is 0.529. The Labute approximate surface area is 165 Å². The van der Waals surface area contributed by atoms with Crippen LogP contribution in [0.1, 0.15) is 73.9 Å². The van der Waals surface area contributed by atoms with Gasteiger partial charge in [0, 0.05) is 13.0 Å². The van der Waals surface area contributed by atoms with Crippen LogP contribution in [0.15, 0.2) is 36.4 Å². The monoisotopic (exact) mass is 360 g/mol. The summed E-state index contributed by atoms with van der Waals surface area (Å²) in [6.45, 7) is 15.9. The predicted molar refractivity (Wildman–Crippen MR) is 118 cm³/mol. The summed E-state index contributed by atoms with van der Waals surface area (Å²) in [6, 6.07) is 14.1. The number of benzene rings is 2. The van der Waals surface area contributed by atoms with Gasteiger partial charge >= 0.3 is 0 Å². The van der Waals surface area contributed by atoms with Crippen LogP contribution in [0.4, 0.5) is 0 Å². The van der Waals surface area contributed by atoms with Crippen molar-refractivity contribution < 1.29 is 4.57 Å². The molecule has 0 aliphatic heterocycles. The minimum atomic E-state index is 0.529. The molecule has 0 saturated heterocycles. The van der Waals surface area contributed by atoms with Crippen LogP contribution in [-0.2, 0) is 7.05 Å². The Morgan fingerprint density at radius 2 is 1.59 bits per heavy atom. The molecule has 1 heterocycles. The van der Waals surface area contributed by atoms with Gasteiger partial charge in [0.05, 0.1) is 10.9 Å². The van der Waals surface area contributed by atoms with Crippen molar-refractivity contribution in [3.63, 3.8) is 0 Å². The van der Waals surface area contributed by atoms with Crippen molar-refractivity contribution in [3.8, 4) is 11.3 Å². The highest BCUT2D eigenvalue weighted by Crippen LogP contribution is 2.34. The summed E-state index contributed by atoms with van der Waals surface area (Å²) in [4.78, 5) is 0. The molecular formula is C26H34N+. The number of nitrogens with zero attached hydrogens (tertiary/aromatic N) is 1. The van der Waals surface area contributed by atoms with Crippen LogP contribution in [0.3, 0.4) is 0 Å². The van der Waals surface area contributed by atoms with Crippen molar-refractivity contribution in [1.29, 1.82) is 0 Å². The molecule has 0 aliphatic carbocycles. The topological polar surface area (TPSA) is 3.88 Å². The smallest absolute Gasteiger partial charge is 0.198 e. The van der Waals surface area contributed by atoms with Gasteiger partial charge in [-0.1, -0.05) is 45.9 Å². The summed E-state index contributed by atoms with van der Waals surface area (Å²) >= 11 is 0. The molecule has 1 heteroatoms. The van der Waals surface area contributed by atoms with Crippen LogP contribution in [-0.4, -0.2) is 0 Å². The number of rotatable bonds is 4. The number of aromatic nitrogens is 1. The molecule has 27 heavy (non-hydrogen) atoms. The van der Waals surface area contributed by atoms with E-state index in [0.29, 0.717) is 11.8 Å². The van der Waals surface area contributed by atoms with E-state index in [4.69, 9.17) is 0 Å². The molecule has 0 saturated carbocycles. The molecule has 0 radical (unpaired) electrons. The molecule has 1 atom stereocenters. The zero-order chi connectivity index (χ0) is 19.9. The fourth-order valence-corrected chi connectivity index (χ4v) is 3.93. The molecule has 3 aromatic rings. The molecule has 1 nitrogen and oxygen atoms in total. The fraction of sp³-hybridized carbons (Fsp3) is 0.423. The Bertz CT molecular complexity index is 995. The summed E-state index contributed by atoms with van der Waals surface area (Å²) in [5.74, 6) is 1.13. The quantitative estimate of drug-likeness (QED) is 0.446. The largest absolute Gasteiger partial charge is 0.220 e. The normalized spacial score (nSPS) is 12.8. The molecule has 142 valence electrons. The van der Waals surface area contributed by atoms with Gasteiger partial charge in [-0.25, -0.2) is 0 Å². The van der Waals surface area contributed by atoms with E-state index in [0.717, 1.165) is 0 Å². The Kier molecular flexibility index (Phi) is 5.42. The van der Waals surface area contributed by atoms with E-state index >= 15 is 0 Å². The number of hydrogen-bond donors (Lipinski definition) is 0. The van der Waals surface area contributed by atoms with Gasteiger partial charge < -0.3 is 0 Å². The second kappa shape index (κ2) is 7.46. The van der Waals surface area contributed by atoms with E-state index in [9.17, 15) is 0 Å². The SMILES string of the molecule is CCC(C)c1ccc2c(-c3cc(C(C)C)cc(C)c3C)[n+](C)c(C)cc2c1. The van der Waals surface area contributed by atoms with Gasteiger partial charge in [-0.3, -0.25) is 0 Å². The Balaban J connectivity index is 2.36. The van der Waals surface area contributed by atoms with Gasteiger partial charge in [-0.2, -0.15) is 4.57 Å². The minimum Gasteiger partial charge on any atom is -0.198 e. The lowest BCUT2D eigenvalue weighted by Crippen LogP contribution is -2.35. The van der Waals surface area contributed by atoms with Crippen LogP contribution in [0.2, 0.25) is 0 Å². The molecule has 0 aliphatic rings. The summed E-state index contributed by atoms with van der Waals surface area (Å²) in [5.41, 5.74) is 9.61. The average molecular weight is 361 g/mol. The molecule has 0 bridgehead atoms. The van der Waals surface area contributed by atoms with E-state index in [2.05, 4.69) is 96.5 Å². The maximum atomic E-state index is 2.41. The first-order chi connectivity index (χ1) is 12.7. The van der Waals surface area contributed by atoms with Crippen molar-refractivity contribution in [2.45, 2.75) is 66.7 Å². The zero-order valence-electron chi connectivity index (χ0n) is 18.3. The lowest BCUT2D eigenvalue weighted by Gasteiger charge is -2.16. The summed E-state index contributed by atoms with van der Waals surface area (Å²) < 4.78 is 2.36. The van der Waals surface area contributed by atoms with E-state index < -0.39 is 0 Å². The highest BCUT2D eigenvalue weighted by molar-refractivity contribution is 5.94. The Hall–Kier alpha value is -2.15. The molecule has 2 aromatic carbocycles. The highest BCUT2D eigenvalue weighted by Gasteiger charge is 2.22. The Morgan fingerprint density at radius 1 is 0.889 bits per heavy atom. The van der Waals surface area contributed by atoms with Crippen LogP contribution >= 0.6 is 0 Å². The van der Waals surface area contributed by atoms with Gasteiger partial charge in [-0.05, 0) is 71.9 Å². The second-order valence-electron chi connectivity index (χ2n) is 8.51. The Morgan fingerprint density at radius 3 is 2.22 bits per heavy atom. The molecule has 3 rings (SSSR count). The van der Waals surface area contributed by atoms with Crippen LogP contribution in [0.5, 0.6) is 0 Å². The maximum Gasteiger partial charge on any atom is 0.220 e. The predicted octanol–water partition coefficient (Wildman–Crippen LogP) is 6.89. The third kappa shape index (κ3) is 3.52. The average Bonchev–Trinajstić information content (AvgIpc) is 2.64. The lowest BCUT2D eigenvalue weighted by molar-refractivity contribution is -0.665. The van der Waals surface area contributed by atoms with Crippen molar-refractivity contribution in [3.05, 3.63) is 64.3 Å². The molecule has 0 spiro atoms. The maximum absolute atomic E-state index is 2.41. The molecule has 1 unspecified atom stereocenters. The van der Waals surface area contributed by atoms with Crippen LogP contribution in [0.25, 0.3) is 22.0 Å². The van der Waals surface area contributed by atoms with Gasteiger partial charge in [0.2, 0.25) is 5.69 Å². The fourth-order valence-electron chi connectivity index (χ4n) is 3.93. The summed E-state index contributed by atoms with van der Waals surface area (Å²) in [7, 11) is 2.20. The van der Waals surface area contributed by atoms with Gasteiger partial charge in [0.1, 0.15) is 7.05 Å². The van der Waals surface area contributed by atoms with Crippen molar-refractivity contribution in [2.75, 3.05) is 0 Å². The molecule has 0 amide bonds. The van der Waals surface area contributed by atoms with Gasteiger partial charge in [0.15, 0.2) is 5.69 Å². The molecular weight excluding hydrogens is 326 g/mol. The molecule has 0 fully saturated rings. The van der Waals surface area contributed by atoms with Crippen LogP contribution in [0, 0.1) is 20.8 Å². The van der Waals surface area contributed by atoms with Gasteiger partial charge in [-0.15, -0.1) is 0 Å². The van der Waals surface area contributed by atoms with E-state index in [1.54, 1.807) is 0 Å². The first-order valence-corrected chi connectivity index (χ1v) is 10.3. The first-order valence-electron chi connectivity index (χ1n) is 10.3. The van der Waals surface area contributed by atoms with E-state index in [-0.39, 0.29) is 0 Å². The van der Waals surface area contributed by atoms with E-state index in [1.165, 1.54) is 56.4 Å². The second-order valence-corrected chi connectivity index (χ2v) is 8.51. The van der Waals surface area contributed by atoms with E-state index in [1.807, 2.05) is 0 Å². The number of hydrogen-bond acceptors (Lipinski definition) is 0. The first kappa shape index (κ1) is 19.6. The third-order valence-electron chi connectivity index (χ3n) is 6.35. The number of aryl methyl sites for hydroxylation is 2. The standard InChI is InChI=1S/C26H34N/c1-9-17(4)21-10-11-24-23(14-21)13-19(6)27(8)26(24)25-15-22(16(2)3)12-18(5)20(25)7/h10-17H,9H2,1-8H3/q+1. The third-order valence-corrected chi connectivity index (χ3v) is 6.35. The molecule has 0 N–H and O–H groups in total. The van der Waals surface area contributed by atoms with Crippen LogP contribution < -0.4 is 4.57 Å². The number of fused-ring (bicyclic) bond motifs is 1. The lowest BCUT2D eigenvalue weighted by atomic mass is 9.89. The highest BCUT2D eigenvalue weighted by atomic mass is 14.9. The summed E-state index contributed by atoms with van der Waals surface area (Å²) in [6.07, 6.45) is 1.17. The number of pyridine rings is 1. The van der Waals surface area contributed by atoms with Crippen molar-refractivity contribution in [1.82, 2.24) is 0 Å². The zero-order valence-corrected chi connectivity index (χ0v) is 18.3.